The molecule has 0 amide bonds. The number of hydrogen-bond donors (Lipinski definition) is 1. The Morgan fingerprint density at radius 1 is 1.04 bits per heavy atom. The second-order valence-electron chi connectivity index (χ2n) is 4.47. The van der Waals surface area contributed by atoms with Crippen LogP contribution < -0.4 is 5.32 Å². The smallest absolute Gasteiger partial charge is 0.159 e. The van der Waals surface area contributed by atoms with Gasteiger partial charge < -0.3 is 5.32 Å². The number of nitriles is 2. The molecule has 0 saturated carbocycles. The molecule has 2 rings (SSSR count). The van der Waals surface area contributed by atoms with Crippen molar-refractivity contribution in [1.29, 1.82) is 10.5 Å². The first-order chi connectivity index (χ1) is 11.1. The van der Waals surface area contributed by atoms with E-state index >= 15 is 0 Å². The van der Waals surface area contributed by atoms with Gasteiger partial charge in [-0.15, -0.1) is 11.8 Å². The van der Waals surface area contributed by atoms with Gasteiger partial charge in [0.2, 0.25) is 0 Å². The van der Waals surface area contributed by atoms with Crippen LogP contribution in [0.5, 0.6) is 0 Å². The van der Waals surface area contributed by atoms with Gasteiger partial charge in [-0.2, -0.15) is 10.5 Å². The zero-order valence-corrected chi connectivity index (χ0v) is 14.3. The number of allylic oxidation sites excluding steroid dienone is 1. The average molecular weight is 388 g/mol. The largest absolute Gasteiger partial charge is 0.349 e. The summed E-state index contributed by atoms with van der Waals surface area (Å²) in [5.74, 6) is 0.258. The van der Waals surface area contributed by atoms with Gasteiger partial charge in [-0.3, -0.25) is 0 Å². The topological polar surface area (TPSA) is 59.6 Å². The molecule has 0 unspecified atom stereocenters. The molecule has 0 fully saturated rings. The number of thioether (sulfide) groups is 1. The number of hydrogen-bond acceptors (Lipinski definition) is 4. The highest BCUT2D eigenvalue weighted by atomic mass is 79.9. The molecule has 1 N–H and O–H groups in total. The van der Waals surface area contributed by atoms with E-state index in [1.165, 1.54) is 23.9 Å². The zero-order valence-electron chi connectivity index (χ0n) is 11.9. The van der Waals surface area contributed by atoms with Gasteiger partial charge in [0.15, 0.2) is 5.57 Å². The van der Waals surface area contributed by atoms with Crippen molar-refractivity contribution in [3.8, 4) is 12.1 Å². The van der Waals surface area contributed by atoms with E-state index in [2.05, 4.69) is 21.2 Å². The summed E-state index contributed by atoms with van der Waals surface area (Å²) in [6, 6.07) is 17.3. The molecule has 3 nitrogen and oxygen atoms in total. The van der Waals surface area contributed by atoms with Crippen LogP contribution in [0, 0.1) is 28.5 Å². The van der Waals surface area contributed by atoms with Gasteiger partial charge in [0.25, 0.3) is 0 Å². The molecule has 2 aromatic rings. The second kappa shape index (κ2) is 8.38. The Morgan fingerprint density at radius 3 is 2.22 bits per heavy atom. The highest BCUT2D eigenvalue weighted by molar-refractivity contribution is 9.10. The maximum absolute atomic E-state index is 13.0. The molecule has 2 aromatic carbocycles. The van der Waals surface area contributed by atoms with Gasteiger partial charge in [0.05, 0.1) is 0 Å². The number of benzene rings is 2. The maximum Gasteiger partial charge on any atom is 0.159 e. The van der Waals surface area contributed by atoms with Crippen LogP contribution in [0.3, 0.4) is 0 Å². The first-order valence-corrected chi connectivity index (χ1v) is 8.34. The van der Waals surface area contributed by atoms with Crippen LogP contribution in [-0.4, -0.2) is 0 Å². The van der Waals surface area contributed by atoms with E-state index in [1.54, 1.807) is 12.1 Å². The van der Waals surface area contributed by atoms with E-state index in [4.69, 9.17) is 10.5 Å². The number of anilines is 1. The Kier molecular flexibility index (Phi) is 6.22. The molecule has 0 aromatic heterocycles. The van der Waals surface area contributed by atoms with Crippen molar-refractivity contribution in [3.05, 3.63) is 75.0 Å². The van der Waals surface area contributed by atoms with Crippen molar-refractivity contribution < 1.29 is 4.39 Å². The summed E-state index contributed by atoms with van der Waals surface area (Å²) in [5, 5.41) is 21.7. The fourth-order valence-corrected chi connectivity index (χ4v) is 2.89. The Labute approximate surface area is 146 Å². The molecule has 6 heteroatoms. The predicted molar refractivity (Wildman–Crippen MR) is 93.7 cm³/mol. The van der Waals surface area contributed by atoms with Crippen molar-refractivity contribution in [3.63, 3.8) is 0 Å². The summed E-state index contributed by atoms with van der Waals surface area (Å²) >= 11 is 4.73. The van der Waals surface area contributed by atoms with E-state index in [0.717, 1.165) is 10.0 Å². The third kappa shape index (κ3) is 5.14. The van der Waals surface area contributed by atoms with Gasteiger partial charge in [-0.05, 0) is 42.0 Å². The van der Waals surface area contributed by atoms with Gasteiger partial charge >= 0.3 is 0 Å². The molecule has 23 heavy (non-hydrogen) atoms. The maximum atomic E-state index is 13.0. The van der Waals surface area contributed by atoms with Crippen LogP contribution in [0.1, 0.15) is 5.56 Å². The minimum Gasteiger partial charge on any atom is -0.349 e. The van der Waals surface area contributed by atoms with E-state index in [1.807, 2.05) is 36.4 Å². The molecular weight excluding hydrogens is 377 g/mol. The van der Waals surface area contributed by atoms with Gasteiger partial charge in [-0.1, -0.05) is 28.1 Å². The first kappa shape index (κ1) is 17.1. The molecule has 0 spiro atoms. The predicted octanol–water partition coefficient (Wildman–Crippen LogP) is 5.19. The molecule has 0 aliphatic carbocycles. The SMILES string of the molecule is N#CC(C#N)=C(Nc1ccc(F)cc1)SCc1ccc(Br)cc1. The van der Waals surface area contributed by atoms with E-state index in [-0.39, 0.29) is 11.4 Å². The average Bonchev–Trinajstić information content (AvgIpc) is 2.57. The summed E-state index contributed by atoms with van der Waals surface area (Å²) < 4.78 is 14.0. The van der Waals surface area contributed by atoms with E-state index in [9.17, 15) is 4.39 Å². The number of nitrogens with zero attached hydrogens (tertiary/aromatic N) is 2. The van der Waals surface area contributed by atoms with Crippen LogP contribution in [0.25, 0.3) is 0 Å². The Bertz CT molecular complexity index is 771. The van der Waals surface area contributed by atoms with Gasteiger partial charge in [0, 0.05) is 15.9 Å². The Morgan fingerprint density at radius 2 is 1.65 bits per heavy atom. The fraction of sp³-hybridized carbons (Fsp3) is 0.0588. The standard InChI is InChI=1S/C17H11BrFN3S/c18-14-3-1-12(2-4-14)11-23-17(13(9-20)10-21)22-16-7-5-15(19)6-8-16/h1-8,22H,11H2. The van der Waals surface area contributed by atoms with Crippen molar-refractivity contribution in [2.45, 2.75) is 5.75 Å². The lowest BCUT2D eigenvalue weighted by Gasteiger charge is -2.11. The molecule has 0 radical (unpaired) electrons. The lowest BCUT2D eigenvalue weighted by Crippen LogP contribution is -2.00. The lowest BCUT2D eigenvalue weighted by molar-refractivity contribution is 0.628. The second-order valence-corrected chi connectivity index (χ2v) is 6.38. The fourth-order valence-electron chi connectivity index (χ4n) is 1.70. The highest BCUT2D eigenvalue weighted by Crippen LogP contribution is 2.26. The molecule has 0 aliphatic heterocycles. The Balaban J connectivity index is 2.17. The summed E-state index contributed by atoms with van der Waals surface area (Å²) in [7, 11) is 0. The van der Waals surface area contributed by atoms with Crippen LogP contribution in [0.4, 0.5) is 10.1 Å². The Hall–Kier alpha value is -2.28. The third-order valence-electron chi connectivity index (χ3n) is 2.85. The minimum absolute atomic E-state index is 0.00330. The number of rotatable bonds is 5. The molecule has 0 saturated heterocycles. The van der Waals surface area contributed by atoms with Gasteiger partial charge in [0.1, 0.15) is 23.0 Å². The third-order valence-corrected chi connectivity index (χ3v) is 4.45. The quantitative estimate of drug-likeness (QED) is 0.716. The summed E-state index contributed by atoms with van der Waals surface area (Å²) in [6.07, 6.45) is 0. The zero-order chi connectivity index (χ0) is 16.7. The molecular formula is C17H11BrFN3S. The molecule has 0 aliphatic rings. The highest BCUT2D eigenvalue weighted by Gasteiger charge is 2.09. The van der Waals surface area contributed by atoms with Crippen molar-refractivity contribution in [2.75, 3.05) is 5.32 Å². The van der Waals surface area contributed by atoms with Crippen LogP contribution >= 0.6 is 27.7 Å². The summed E-state index contributed by atoms with van der Waals surface area (Å²) in [5.41, 5.74) is 1.68. The summed E-state index contributed by atoms with van der Waals surface area (Å²) in [6.45, 7) is 0. The summed E-state index contributed by atoms with van der Waals surface area (Å²) in [4.78, 5) is 0. The van der Waals surface area contributed by atoms with Gasteiger partial charge in [-0.25, -0.2) is 4.39 Å². The first-order valence-electron chi connectivity index (χ1n) is 6.56. The molecule has 0 bridgehead atoms. The van der Waals surface area contributed by atoms with Crippen LogP contribution in [0.2, 0.25) is 0 Å². The number of nitrogens with one attached hydrogen (secondary N) is 1. The lowest BCUT2D eigenvalue weighted by atomic mass is 10.2. The molecule has 114 valence electrons. The molecule has 0 atom stereocenters. The molecule has 0 heterocycles. The van der Waals surface area contributed by atoms with Crippen LogP contribution in [0.15, 0.2) is 63.6 Å². The van der Waals surface area contributed by atoms with E-state index in [0.29, 0.717) is 16.5 Å². The monoisotopic (exact) mass is 387 g/mol. The number of halogens is 2. The van der Waals surface area contributed by atoms with Crippen LogP contribution in [-0.2, 0) is 5.75 Å². The van der Waals surface area contributed by atoms with E-state index < -0.39 is 0 Å². The van der Waals surface area contributed by atoms with Crippen molar-refractivity contribution in [2.24, 2.45) is 0 Å². The normalized spacial score (nSPS) is 9.57. The minimum atomic E-state index is -0.343. The van der Waals surface area contributed by atoms with Crippen molar-refractivity contribution in [1.82, 2.24) is 0 Å². The van der Waals surface area contributed by atoms with Crippen molar-refractivity contribution >= 4 is 33.4 Å².